The quantitative estimate of drug-likeness (QED) is 0.349. The third-order valence-corrected chi connectivity index (χ3v) is 4.99. The van der Waals surface area contributed by atoms with E-state index in [-0.39, 0.29) is 36.6 Å². The minimum absolute atomic E-state index is 0.0155. The number of hydrogen-bond donors (Lipinski definition) is 1. The van der Waals surface area contributed by atoms with Gasteiger partial charge in [0, 0.05) is 18.4 Å². The van der Waals surface area contributed by atoms with Crippen LogP contribution in [-0.2, 0) is 25.6 Å². The summed E-state index contributed by atoms with van der Waals surface area (Å²) in [5.74, 6) is -0.574. The highest BCUT2D eigenvalue weighted by Gasteiger charge is 2.52. The van der Waals surface area contributed by atoms with E-state index in [4.69, 9.17) is 14.2 Å². The Bertz CT molecular complexity index is 693. The molecule has 5 atom stereocenters. The first-order valence-electron chi connectivity index (χ1n) is 9.17. The van der Waals surface area contributed by atoms with E-state index in [0.29, 0.717) is 6.54 Å². The molecule has 1 aromatic carbocycles. The van der Waals surface area contributed by atoms with Gasteiger partial charge < -0.3 is 14.2 Å². The Morgan fingerprint density at radius 2 is 1.96 bits per heavy atom. The van der Waals surface area contributed by atoms with Crippen molar-refractivity contribution in [1.29, 1.82) is 0 Å². The van der Waals surface area contributed by atoms with Gasteiger partial charge >= 0.3 is 12.1 Å². The van der Waals surface area contributed by atoms with E-state index >= 15 is 0 Å². The standard InChI is InChI=1S/C20H25NO5S/c1-3-24-19(22)18-15-9-10-17(26-13(2)27)16(15)11-21(18)20(23)25-12-14-7-5-4-6-8-14/h4-10,13,15-18,27H,3,11-12H2,1-2H3/t13?,15-,16-,17+,18-/m0/s1. The van der Waals surface area contributed by atoms with Gasteiger partial charge in [-0.05, 0) is 19.4 Å². The van der Waals surface area contributed by atoms with E-state index in [1.54, 1.807) is 6.92 Å². The average molecular weight is 391 g/mol. The Kier molecular flexibility index (Phi) is 6.44. The Balaban J connectivity index is 1.72. The molecule has 146 valence electrons. The normalized spacial score (nSPS) is 27.3. The highest BCUT2D eigenvalue weighted by atomic mass is 32.1. The van der Waals surface area contributed by atoms with Crippen LogP contribution in [0.3, 0.4) is 0 Å². The summed E-state index contributed by atoms with van der Waals surface area (Å²) in [5.41, 5.74) is 0.654. The Morgan fingerprint density at radius 1 is 1.22 bits per heavy atom. The fourth-order valence-corrected chi connectivity index (χ4v) is 3.87. The number of benzene rings is 1. The molecule has 27 heavy (non-hydrogen) atoms. The zero-order valence-corrected chi connectivity index (χ0v) is 16.4. The summed E-state index contributed by atoms with van der Waals surface area (Å²) in [6.07, 6.45) is 3.18. The van der Waals surface area contributed by atoms with Gasteiger partial charge in [0.1, 0.15) is 12.6 Å². The van der Waals surface area contributed by atoms with Gasteiger partial charge in [0.15, 0.2) is 0 Å². The van der Waals surface area contributed by atoms with E-state index in [0.717, 1.165) is 5.56 Å². The number of carbonyl (C=O) groups is 2. The van der Waals surface area contributed by atoms with Crippen molar-refractivity contribution in [2.45, 2.75) is 38.0 Å². The van der Waals surface area contributed by atoms with Gasteiger partial charge in [-0.1, -0.05) is 42.5 Å². The minimum Gasteiger partial charge on any atom is -0.464 e. The van der Waals surface area contributed by atoms with Gasteiger partial charge in [0.05, 0.1) is 18.1 Å². The van der Waals surface area contributed by atoms with Gasteiger partial charge in [-0.2, -0.15) is 0 Å². The van der Waals surface area contributed by atoms with Crippen molar-refractivity contribution in [3.05, 3.63) is 48.0 Å². The largest absolute Gasteiger partial charge is 0.464 e. The third-order valence-electron chi connectivity index (χ3n) is 4.87. The predicted octanol–water partition coefficient (Wildman–Crippen LogP) is 3.03. The van der Waals surface area contributed by atoms with Gasteiger partial charge in [0.2, 0.25) is 0 Å². The highest BCUT2D eigenvalue weighted by Crippen LogP contribution is 2.40. The Labute approximate surface area is 164 Å². The molecular formula is C20H25NO5S. The summed E-state index contributed by atoms with van der Waals surface area (Å²) in [7, 11) is 0. The van der Waals surface area contributed by atoms with Crippen LogP contribution in [0.15, 0.2) is 42.5 Å². The number of rotatable bonds is 6. The number of fused-ring (bicyclic) bond motifs is 1. The molecule has 1 aromatic rings. The summed E-state index contributed by atoms with van der Waals surface area (Å²) in [4.78, 5) is 26.7. The van der Waals surface area contributed by atoms with E-state index in [9.17, 15) is 9.59 Å². The molecule has 7 heteroatoms. The molecule has 0 saturated carbocycles. The number of esters is 1. The van der Waals surface area contributed by atoms with Crippen LogP contribution < -0.4 is 0 Å². The average Bonchev–Trinajstić information content (AvgIpc) is 3.20. The molecular weight excluding hydrogens is 366 g/mol. The minimum atomic E-state index is -0.696. The molecule has 0 bridgehead atoms. The Morgan fingerprint density at radius 3 is 2.63 bits per heavy atom. The molecule has 1 aliphatic carbocycles. The van der Waals surface area contributed by atoms with Crippen LogP contribution in [0.25, 0.3) is 0 Å². The number of amides is 1. The van der Waals surface area contributed by atoms with Gasteiger partial charge in [-0.15, -0.1) is 12.6 Å². The van der Waals surface area contributed by atoms with Crippen LogP contribution in [0, 0.1) is 11.8 Å². The van der Waals surface area contributed by atoms with Crippen LogP contribution in [0.1, 0.15) is 19.4 Å². The second-order valence-corrected chi connectivity index (χ2v) is 7.44. The summed E-state index contributed by atoms with van der Waals surface area (Å²) < 4.78 is 16.5. The van der Waals surface area contributed by atoms with Crippen molar-refractivity contribution in [2.24, 2.45) is 11.8 Å². The molecule has 3 rings (SSSR count). The molecule has 1 aliphatic heterocycles. The Hall–Kier alpha value is -1.99. The second-order valence-electron chi connectivity index (χ2n) is 6.72. The van der Waals surface area contributed by atoms with Crippen molar-refractivity contribution < 1.29 is 23.8 Å². The van der Waals surface area contributed by atoms with E-state index in [2.05, 4.69) is 12.6 Å². The predicted molar refractivity (Wildman–Crippen MR) is 103 cm³/mol. The number of thiol groups is 1. The molecule has 2 aliphatic rings. The first kappa shape index (κ1) is 19.8. The summed E-state index contributed by atoms with van der Waals surface area (Å²) >= 11 is 4.28. The number of carbonyl (C=O) groups excluding carboxylic acids is 2. The van der Waals surface area contributed by atoms with E-state index < -0.39 is 18.1 Å². The number of likely N-dealkylation sites (tertiary alicyclic amines) is 1. The molecule has 1 unspecified atom stereocenters. The molecule has 0 aromatic heterocycles. The zero-order chi connectivity index (χ0) is 19.4. The molecule has 1 amide bonds. The summed E-state index contributed by atoms with van der Waals surface area (Å²) in [5, 5.41) is 0. The summed E-state index contributed by atoms with van der Waals surface area (Å²) in [6.45, 7) is 4.39. The lowest BCUT2D eigenvalue weighted by Crippen LogP contribution is -2.44. The smallest absolute Gasteiger partial charge is 0.410 e. The van der Waals surface area contributed by atoms with E-state index in [1.165, 1.54) is 4.90 Å². The molecule has 0 spiro atoms. The molecule has 1 saturated heterocycles. The fraction of sp³-hybridized carbons (Fsp3) is 0.500. The molecule has 6 nitrogen and oxygen atoms in total. The van der Waals surface area contributed by atoms with Crippen molar-refractivity contribution in [1.82, 2.24) is 4.90 Å². The molecule has 0 radical (unpaired) electrons. The first-order chi connectivity index (χ1) is 13.0. The number of ether oxygens (including phenoxy) is 3. The van der Waals surface area contributed by atoms with Crippen LogP contribution in [0.2, 0.25) is 0 Å². The van der Waals surface area contributed by atoms with Crippen LogP contribution in [0.5, 0.6) is 0 Å². The molecule has 1 fully saturated rings. The van der Waals surface area contributed by atoms with Crippen LogP contribution in [-0.4, -0.2) is 47.7 Å². The summed E-state index contributed by atoms with van der Waals surface area (Å²) in [6, 6.07) is 8.74. The van der Waals surface area contributed by atoms with Crippen LogP contribution >= 0.6 is 12.6 Å². The topological polar surface area (TPSA) is 65.1 Å². The van der Waals surface area contributed by atoms with Crippen molar-refractivity contribution in [3.8, 4) is 0 Å². The maximum Gasteiger partial charge on any atom is 0.410 e. The number of nitrogens with zero attached hydrogens (tertiary/aromatic N) is 1. The van der Waals surface area contributed by atoms with Crippen LogP contribution in [0.4, 0.5) is 4.79 Å². The molecule has 0 N–H and O–H groups in total. The zero-order valence-electron chi connectivity index (χ0n) is 15.5. The lowest BCUT2D eigenvalue weighted by atomic mass is 9.92. The highest BCUT2D eigenvalue weighted by molar-refractivity contribution is 7.80. The van der Waals surface area contributed by atoms with E-state index in [1.807, 2.05) is 49.4 Å². The number of hydrogen-bond acceptors (Lipinski definition) is 6. The second kappa shape index (κ2) is 8.80. The fourth-order valence-electron chi connectivity index (χ4n) is 3.73. The van der Waals surface area contributed by atoms with Crippen molar-refractivity contribution in [3.63, 3.8) is 0 Å². The maximum absolute atomic E-state index is 12.7. The van der Waals surface area contributed by atoms with Gasteiger partial charge in [-0.25, -0.2) is 9.59 Å². The van der Waals surface area contributed by atoms with Crippen molar-refractivity contribution in [2.75, 3.05) is 13.2 Å². The van der Waals surface area contributed by atoms with Gasteiger partial charge in [0.25, 0.3) is 0 Å². The van der Waals surface area contributed by atoms with Gasteiger partial charge in [-0.3, -0.25) is 4.90 Å². The first-order valence-corrected chi connectivity index (χ1v) is 9.68. The lowest BCUT2D eigenvalue weighted by Gasteiger charge is -2.24. The lowest BCUT2D eigenvalue weighted by molar-refractivity contribution is -0.148. The maximum atomic E-state index is 12.7. The monoisotopic (exact) mass is 391 g/mol. The third kappa shape index (κ3) is 4.47. The SMILES string of the molecule is CCOC(=O)[C@@H]1[C@H]2C=C[C@@H](OC(C)S)[C@H]2CN1C(=O)OCc1ccccc1. The van der Waals surface area contributed by atoms with Crippen molar-refractivity contribution >= 4 is 24.7 Å². The molecule has 1 heterocycles.